The van der Waals surface area contributed by atoms with E-state index < -0.39 is 0 Å². The number of fused-ring (bicyclic) bond motifs is 1. The molecule has 0 amide bonds. The molecule has 0 spiro atoms. The van der Waals surface area contributed by atoms with E-state index in [1.807, 2.05) is 0 Å². The van der Waals surface area contributed by atoms with Gasteiger partial charge >= 0.3 is 0 Å². The Bertz CT molecular complexity index is 357. The molecule has 0 N–H and O–H groups in total. The molecule has 3 nitrogen and oxygen atoms in total. The summed E-state index contributed by atoms with van der Waals surface area (Å²) in [6.07, 6.45) is 3.37. The van der Waals surface area contributed by atoms with Crippen LogP contribution in [0.1, 0.15) is 0 Å². The lowest BCUT2D eigenvalue weighted by Gasteiger charge is -1.80. The van der Waals surface area contributed by atoms with Crippen LogP contribution in [0.3, 0.4) is 0 Å². The lowest BCUT2D eigenvalue weighted by Crippen LogP contribution is -1.67. The highest BCUT2D eigenvalue weighted by Crippen LogP contribution is 2.20. The van der Waals surface area contributed by atoms with Gasteiger partial charge in [0.15, 0.2) is 10.2 Å². The smallest absolute Gasteiger partial charge is 0.171 e. The van der Waals surface area contributed by atoms with Gasteiger partial charge in [0.25, 0.3) is 0 Å². The van der Waals surface area contributed by atoms with Crippen LogP contribution < -0.4 is 0 Å². The molecule has 2 heterocycles. The van der Waals surface area contributed by atoms with Gasteiger partial charge in [-0.1, -0.05) is 5.16 Å². The Hall–Kier alpha value is -0.900. The highest BCUT2D eigenvalue weighted by atomic mass is 79.9. The molecule has 2 aromatic rings. The van der Waals surface area contributed by atoms with E-state index >= 15 is 0 Å². The van der Waals surface area contributed by atoms with E-state index in [9.17, 15) is 0 Å². The summed E-state index contributed by atoms with van der Waals surface area (Å²) in [5.41, 5.74) is 0.752. The van der Waals surface area contributed by atoms with Crippen molar-refractivity contribution >= 4 is 26.9 Å². The monoisotopic (exact) mass is 198 g/mol. The molecule has 2 aromatic heterocycles. The van der Waals surface area contributed by atoms with Crippen molar-refractivity contribution in [3.05, 3.63) is 23.1 Å². The third-order valence-electron chi connectivity index (χ3n) is 1.23. The standard InChI is InChI=1S/C6H3BrN2O/c7-6-4-3-8-2-1-5(4)10-9-6/h1-3H. The molecule has 50 valence electrons. The molecule has 10 heavy (non-hydrogen) atoms. The van der Waals surface area contributed by atoms with Crippen molar-refractivity contribution in [1.29, 1.82) is 0 Å². The van der Waals surface area contributed by atoms with E-state index in [0.29, 0.717) is 4.60 Å². The number of nitrogens with zero attached hydrogens (tertiary/aromatic N) is 2. The Kier molecular flexibility index (Phi) is 1.20. The van der Waals surface area contributed by atoms with Crippen LogP contribution in [-0.2, 0) is 0 Å². The first-order valence-corrected chi connectivity index (χ1v) is 3.52. The Morgan fingerprint density at radius 1 is 1.50 bits per heavy atom. The normalized spacial score (nSPS) is 10.5. The number of halogens is 1. The van der Waals surface area contributed by atoms with E-state index in [4.69, 9.17) is 4.52 Å². The van der Waals surface area contributed by atoms with Crippen LogP contribution in [-0.4, -0.2) is 10.1 Å². The highest BCUT2D eigenvalue weighted by molar-refractivity contribution is 9.10. The molecule has 0 aliphatic rings. The van der Waals surface area contributed by atoms with Crippen LogP contribution in [0.5, 0.6) is 0 Å². The third-order valence-corrected chi connectivity index (χ3v) is 1.80. The minimum absolute atomic E-state index is 0.704. The van der Waals surface area contributed by atoms with E-state index in [1.54, 1.807) is 18.5 Å². The Morgan fingerprint density at radius 3 is 3.20 bits per heavy atom. The van der Waals surface area contributed by atoms with Crippen molar-refractivity contribution in [3.8, 4) is 0 Å². The van der Waals surface area contributed by atoms with Crippen LogP contribution in [0.2, 0.25) is 0 Å². The number of aromatic nitrogens is 2. The molecule has 0 bridgehead atoms. The zero-order valence-electron chi connectivity index (χ0n) is 4.91. The largest absolute Gasteiger partial charge is 0.355 e. The Balaban J connectivity index is 2.93. The van der Waals surface area contributed by atoms with Gasteiger partial charge < -0.3 is 4.52 Å². The zero-order chi connectivity index (χ0) is 6.97. The molecule has 0 aromatic carbocycles. The van der Waals surface area contributed by atoms with Gasteiger partial charge in [-0.3, -0.25) is 4.98 Å². The van der Waals surface area contributed by atoms with Crippen LogP contribution in [0.15, 0.2) is 27.6 Å². The van der Waals surface area contributed by atoms with E-state index in [-0.39, 0.29) is 0 Å². The summed E-state index contributed by atoms with van der Waals surface area (Å²) in [5, 5.41) is 4.60. The molecule has 0 radical (unpaired) electrons. The summed E-state index contributed by atoms with van der Waals surface area (Å²) in [5.74, 6) is 0. The maximum Gasteiger partial charge on any atom is 0.171 e. The quantitative estimate of drug-likeness (QED) is 0.651. The van der Waals surface area contributed by atoms with Gasteiger partial charge in [-0.15, -0.1) is 0 Å². The third kappa shape index (κ3) is 0.724. The average molecular weight is 199 g/mol. The topological polar surface area (TPSA) is 38.9 Å². The minimum atomic E-state index is 0.704. The van der Waals surface area contributed by atoms with Crippen LogP contribution in [0.4, 0.5) is 0 Å². The van der Waals surface area contributed by atoms with Crippen molar-refractivity contribution in [1.82, 2.24) is 10.1 Å². The molecule has 0 fully saturated rings. The molecule has 0 aliphatic heterocycles. The van der Waals surface area contributed by atoms with Gasteiger partial charge in [0.2, 0.25) is 0 Å². The first kappa shape index (κ1) is 5.85. The number of hydrogen-bond acceptors (Lipinski definition) is 3. The molecule has 0 aliphatic carbocycles. The molecule has 0 unspecified atom stereocenters. The predicted octanol–water partition coefficient (Wildman–Crippen LogP) is 1.99. The lowest BCUT2D eigenvalue weighted by atomic mass is 10.4. The summed E-state index contributed by atoms with van der Waals surface area (Å²) >= 11 is 3.22. The first-order chi connectivity index (χ1) is 4.88. The van der Waals surface area contributed by atoms with Crippen molar-refractivity contribution in [2.45, 2.75) is 0 Å². The van der Waals surface area contributed by atoms with E-state index in [2.05, 4.69) is 26.1 Å². The van der Waals surface area contributed by atoms with Crippen LogP contribution in [0.25, 0.3) is 11.0 Å². The summed E-state index contributed by atoms with van der Waals surface area (Å²) in [6, 6.07) is 1.77. The molecular weight excluding hydrogens is 196 g/mol. The summed E-state index contributed by atoms with van der Waals surface area (Å²) in [7, 11) is 0. The minimum Gasteiger partial charge on any atom is -0.355 e. The molecule has 0 atom stereocenters. The number of hydrogen-bond donors (Lipinski definition) is 0. The Labute approximate surface area is 65.2 Å². The van der Waals surface area contributed by atoms with Crippen molar-refractivity contribution in [2.75, 3.05) is 0 Å². The average Bonchev–Trinajstić information content (AvgIpc) is 2.34. The Morgan fingerprint density at radius 2 is 2.40 bits per heavy atom. The summed E-state index contributed by atoms with van der Waals surface area (Å²) < 4.78 is 5.62. The van der Waals surface area contributed by atoms with Crippen LogP contribution >= 0.6 is 15.9 Å². The summed E-state index contributed by atoms with van der Waals surface area (Å²) in [4.78, 5) is 3.92. The first-order valence-electron chi connectivity index (χ1n) is 2.73. The van der Waals surface area contributed by atoms with Gasteiger partial charge in [-0.2, -0.15) is 0 Å². The van der Waals surface area contributed by atoms with Crippen LogP contribution in [0, 0.1) is 0 Å². The van der Waals surface area contributed by atoms with Gasteiger partial charge in [0.1, 0.15) is 0 Å². The number of pyridine rings is 1. The van der Waals surface area contributed by atoms with E-state index in [0.717, 1.165) is 11.0 Å². The van der Waals surface area contributed by atoms with Gasteiger partial charge in [0, 0.05) is 18.5 Å². The fourth-order valence-corrected chi connectivity index (χ4v) is 1.12. The maximum absolute atomic E-state index is 4.91. The lowest BCUT2D eigenvalue weighted by molar-refractivity contribution is 0.451. The van der Waals surface area contributed by atoms with Gasteiger partial charge in [-0.25, -0.2) is 0 Å². The van der Waals surface area contributed by atoms with Gasteiger partial charge in [0.05, 0.1) is 5.39 Å². The molecule has 2 rings (SSSR count). The predicted molar refractivity (Wildman–Crippen MR) is 39.5 cm³/mol. The second kappa shape index (κ2) is 2.05. The fourth-order valence-electron chi connectivity index (χ4n) is 0.755. The van der Waals surface area contributed by atoms with Crippen molar-refractivity contribution < 1.29 is 4.52 Å². The fraction of sp³-hybridized carbons (Fsp3) is 0. The number of rotatable bonds is 0. The van der Waals surface area contributed by atoms with Crippen molar-refractivity contribution in [2.24, 2.45) is 0 Å². The van der Waals surface area contributed by atoms with Gasteiger partial charge in [-0.05, 0) is 15.9 Å². The van der Waals surface area contributed by atoms with Crippen molar-refractivity contribution in [3.63, 3.8) is 0 Å². The molecule has 4 heteroatoms. The second-order valence-corrected chi connectivity index (χ2v) is 2.60. The molecule has 0 saturated carbocycles. The maximum atomic E-state index is 4.91. The summed E-state index contributed by atoms with van der Waals surface area (Å²) in [6.45, 7) is 0. The second-order valence-electron chi connectivity index (χ2n) is 1.85. The SMILES string of the molecule is Brc1noc2ccncc12. The van der Waals surface area contributed by atoms with E-state index in [1.165, 1.54) is 0 Å². The highest BCUT2D eigenvalue weighted by Gasteiger charge is 2.02. The zero-order valence-corrected chi connectivity index (χ0v) is 6.50. The molecular formula is C6H3BrN2O. The molecule has 0 saturated heterocycles.